The first-order chi connectivity index (χ1) is 8.06. The van der Waals surface area contributed by atoms with E-state index in [1.165, 1.54) is 12.8 Å². The first-order valence-corrected chi connectivity index (χ1v) is 6.72. The normalized spacial score (nSPS) is 25.0. The average Bonchev–Trinajstić information content (AvgIpc) is 2.28. The van der Waals surface area contributed by atoms with E-state index in [1.807, 2.05) is 13.8 Å². The SMILES string of the molecule is CC(C)N(CCO)C(=O)CC1CCCCC1N. The van der Waals surface area contributed by atoms with Crippen LogP contribution >= 0.6 is 0 Å². The molecule has 0 spiro atoms. The smallest absolute Gasteiger partial charge is 0.223 e. The number of hydrogen-bond donors (Lipinski definition) is 2. The van der Waals surface area contributed by atoms with E-state index in [9.17, 15) is 4.79 Å². The highest BCUT2D eigenvalue weighted by Crippen LogP contribution is 2.26. The third-order valence-corrected chi connectivity index (χ3v) is 3.69. The van der Waals surface area contributed by atoms with Crippen LogP contribution in [0.15, 0.2) is 0 Å². The van der Waals surface area contributed by atoms with Crippen molar-refractivity contribution in [3.63, 3.8) is 0 Å². The van der Waals surface area contributed by atoms with Crippen LogP contribution in [-0.2, 0) is 4.79 Å². The summed E-state index contributed by atoms with van der Waals surface area (Å²) in [5.41, 5.74) is 6.06. The predicted octanol–water partition coefficient (Wildman–Crippen LogP) is 1.12. The molecule has 1 saturated carbocycles. The van der Waals surface area contributed by atoms with Crippen molar-refractivity contribution in [1.29, 1.82) is 0 Å². The molecule has 1 rings (SSSR count). The molecule has 2 atom stereocenters. The number of rotatable bonds is 5. The van der Waals surface area contributed by atoms with Crippen molar-refractivity contribution in [1.82, 2.24) is 4.90 Å². The lowest BCUT2D eigenvalue weighted by molar-refractivity contribution is -0.134. The summed E-state index contributed by atoms with van der Waals surface area (Å²) in [7, 11) is 0. The minimum absolute atomic E-state index is 0.0284. The fourth-order valence-electron chi connectivity index (χ4n) is 2.61. The number of aliphatic hydroxyl groups excluding tert-OH is 1. The summed E-state index contributed by atoms with van der Waals surface area (Å²) in [6.07, 6.45) is 5.03. The van der Waals surface area contributed by atoms with E-state index in [4.69, 9.17) is 10.8 Å². The van der Waals surface area contributed by atoms with Gasteiger partial charge < -0.3 is 15.7 Å². The molecular formula is C13H26N2O2. The van der Waals surface area contributed by atoms with Crippen molar-refractivity contribution in [2.75, 3.05) is 13.2 Å². The highest BCUT2D eigenvalue weighted by Gasteiger charge is 2.26. The molecule has 0 aromatic heterocycles. The second-order valence-corrected chi connectivity index (χ2v) is 5.32. The summed E-state index contributed by atoms with van der Waals surface area (Å²) in [5, 5.41) is 8.97. The van der Waals surface area contributed by atoms with Gasteiger partial charge in [0.05, 0.1) is 6.61 Å². The molecule has 17 heavy (non-hydrogen) atoms. The fraction of sp³-hybridized carbons (Fsp3) is 0.923. The Bertz CT molecular complexity index is 244. The quantitative estimate of drug-likeness (QED) is 0.759. The highest BCUT2D eigenvalue weighted by atomic mass is 16.3. The maximum atomic E-state index is 12.1. The molecule has 1 fully saturated rings. The highest BCUT2D eigenvalue weighted by molar-refractivity contribution is 5.76. The first-order valence-electron chi connectivity index (χ1n) is 6.72. The Morgan fingerprint density at radius 3 is 2.59 bits per heavy atom. The number of carbonyl (C=O) groups is 1. The molecule has 100 valence electrons. The van der Waals surface area contributed by atoms with E-state index in [-0.39, 0.29) is 24.6 Å². The summed E-state index contributed by atoms with van der Waals surface area (Å²) in [4.78, 5) is 13.9. The zero-order chi connectivity index (χ0) is 12.8. The Kier molecular flexibility index (Phi) is 5.92. The topological polar surface area (TPSA) is 66.6 Å². The zero-order valence-electron chi connectivity index (χ0n) is 11.1. The molecule has 4 heteroatoms. The van der Waals surface area contributed by atoms with Gasteiger partial charge in [0.25, 0.3) is 0 Å². The van der Waals surface area contributed by atoms with Crippen LogP contribution in [0.1, 0.15) is 46.0 Å². The zero-order valence-corrected chi connectivity index (χ0v) is 11.1. The molecule has 0 heterocycles. The Labute approximate surface area is 104 Å². The number of hydrogen-bond acceptors (Lipinski definition) is 3. The first kappa shape index (κ1) is 14.5. The summed E-state index contributed by atoms with van der Waals surface area (Å²) < 4.78 is 0. The van der Waals surface area contributed by atoms with Crippen molar-refractivity contribution in [2.24, 2.45) is 11.7 Å². The van der Waals surface area contributed by atoms with E-state index in [0.29, 0.717) is 18.9 Å². The number of carbonyl (C=O) groups excluding carboxylic acids is 1. The summed E-state index contributed by atoms with van der Waals surface area (Å²) in [6, 6.07) is 0.324. The van der Waals surface area contributed by atoms with Crippen LogP contribution in [0.2, 0.25) is 0 Å². The van der Waals surface area contributed by atoms with Gasteiger partial charge in [0, 0.05) is 25.0 Å². The van der Waals surface area contributed by atoms with E-state index in [2.05, 4.69) is 0 Å². The van der Waals surface area contributed by atoms with Crippen LogP contribution < -0.4 is 5.73 Å². The maximum Gasteiger partial charge on any atom is 0.223 e. The Hall–Kier alpha value is -0.610. The largest absolute Gasteiger partial charge is 0.395 e. The number of aliphatic hydroxyl groups is 1. The van der Waals surface area contributed by atoms with Gasteiger partial charge in [0.15, 0.2) is 0 Å². The van der Waals surface area contributed by atoms with Crippen LogP contribution in [0.3, 0.4) is 0 Å². The second-order valence-electron chi connectivity index (χ2n) is 5.32. The summed E-state index contributed by atoms with van der Waals surface area (Å²) >= 11 is 0. The Morgan fingerprint density at radius 1 is 1.41 bits per heavy atom. The lowest BCUT2D eigenvalue weighted by Gasteiger charge is -2.32. The van der Waals surface area contributed by atoms with E-state index in [0.717, 1.165) is 12.8 Å². The molecule has 0 aliphatic heterocycles. The van der Waals surface area contributed by atoms with Crippen LogP contribution in [0, 0.1) is 5.92 Å². The van der Waals surface area contributed by atoms with E-state index < -0.39 is 0 Å². The van der Waals surface area contributed by atoms with Crippen LogP contribution in [0.5, 0.6) is 0 Å². The van der Waals surface area contributed by atoms with Crippen LogP contribution in [0.25, 0.3) is 0 Å². The van der Waals surface area contributed by atoms with Crippen LogP contribution in [0.4, 0.5) is 0 Å². The molecule has 0 bridgehead atoms. The van der Waals surface area contributed by atoms with Crippen molar-refractivity contribution < 1.29 is 9.90 Å². The summed E-state index contributed by atoms with van der Waals surface area (Å²) in [5.74, 6) is 0.465. The molecule has 0 radical (unpaired) electrons. The van der Waals surface area contributed by atoms with E-state index in [1.54, 1.807) is 4.90 Å². The van der Waals surface area contributed by atoms with Gasteiger partial charge in [-0.15, -0.1) is 0 Å². The van der Waals surface area contributed by atoms with Crippen molar-refractivity contribution in [3.8, 4) is 0 Å². The molecular weight excluding hydrogens is 216 g/mol. The van der Waals surface area contributed by atoms with Crippen molar-refractivity contribution >= 4 is 5.91 Å². The number of nitrogens with zero attached hydrogens (tertiary/aromatic N) is 1. The lowest BCUT2D eigenvalue weighted by Crippen LogP contribution is -2.42. The minimum Gasteiger partial charge on any atom is -0.395 e. The Balaban J connectivity index is 2.50. The van der Waals surface area contributed by atoms with Crippen molar-refractivity contribution in [3.05, 3.63) is 0 Å². The van der Waals surface area contributed by atoms with Gasteiger partial charge in [-0.25, -0.2) is 0 Å². The number of amides is 1. The van der Waals surface area contributed by atoms with Gasteiger partial charge >= 0.3 is 0 Å². The van der Waals surface area contributed by atoms with Gasteiger partial charge in [0.1, 0.15) is 0 Å². The number of nitrogens with two attached hydrogens (primary N) is 1. The molecule has 0 aromatic carbocycles. The van der Waals surface area contributed by atoms with Gasteiger partial charge in [-0.1, -0.05) is 12.8 Å². The standard InChI is InChI=1S/C13H26N2O2/c1-10(2)15(7-8-16)13(17)9-11-5-3-4-6-12(11)14/h10-12,16H,3-9,14H2,1-2H3. The van der Waals surface area contributed by atoms with E-state index >= 15 is 0 Å². The molecule has 1 aliphatic rings. The van der Waals surface area contributed by atoms with Gasteiger partial charge in [0.2, 0.25) is 5.91 Å². The average molecular weight is 242 g/mol. The third-order valence-electron chi connectivity index (χ3n) is 3.69. The minimum atomic E-state index is 0.0284. The van der Waals surface area contributed by atoms with Gasteiger partial charge in [-0.2, -0.15) is 0 Å². The molecule has 2 unspecified atom stereocenters. The maximum absolute atomic E-state index is 12.1. The van der Waals surface area contributed by atoms with Gasteiger partial charge in [-0.05, 0) is 32.6 Å². The predicted molar refractivity (Wildman–Crippen MR) is 68.5 cm³/mol. The lowest BCUT2D eigenvalue weighted by atomic mass is 9.82. The molecule has 0 aromatic rings. The van der Waals surface area contributed by atoms with Crippen molar-refractivity contribution in [2.45, 2.75) is 58.0 Å². The monoisotopic (exact) mass is 242 g/mol. The fourth-order valence-corrected chi connectivity index (χ4v) is 2.61. The molecule has 1 amide bonds. The summed E-state index contributed by atoms with van der Waals surface area (Å²) in [6.45, 7) is 4.42. The Morgan fingerprint density at radius 2 is 2.06 bits per heavy atom. The molecule has 3 N–H and O–H groups in total. The second kappa shape index (κ2) is 6.97. The third kappa shape index (κ3) is 4.28. The molecule has 1 aliphatic carbocycles. The molecule has 4 nitrogen and oxygen atoms in total. The molecule has 0 saturated heterocycles. The van der Waals surface area contributed by atoms with Crippen LogP contribution in [-0.4, -0.2) is 41.1 Å². The van der Waals surface area contributed by atoms with Gasteiger partial charge in [-0.3, -0.25) is 4.79 Å².